The van der Waals surface area contributed by atoms with Gasteiger partial charge in [-0.25, -0.2) is 14.8 Å². The first kappa shape index (κ1) is 11.3. The van der Waals surface area contributed by atoms with Crippen molar-refractivity contribution in [2.45, 2.75) is 0 Å². The highest BCUT2D eigenvalue weighted by Crippen LogP contribution is 2.18. The summed E-state index contributed by atoms with van der Waals surface area (Å²) in [6.07, 6.45) is 0. The molecule has 0 aliphatic heterocycles. The smallest absolute Gasteiger partial charge is 0.354 e. The number of carboxylic acid groups (broad SMARTS) is 1. The lowest BCUT2D eigenvalue weighted by atomic mass is 10.3. The Morgan fingerprint density at radius 1 is 1.12 bits per heavy atom. The van der Waals surface area contributed by atoms with Crippen molar-refractivity contribution in [1.29, 1.82) is 0 Å². The van der Waals surface area contributed by atoms with Crippen LogP contribution in [0.1, 0.15) is 10.5 Å². The first-order valence-electron chi connectivity index (χ1n) is 4.66. The molecule has 1 N–H and O–H groups in total. The van der Waals surface area contributed by atoms with E-state index in [9.17, 15) is 4.79 Å². The average molecular weight is 251 g/mol. The predicted molar refractivity (Wildman–Crippen MR) is 60.5 cm³/mol. The lowest BCUT2D eigenvalue weighted by molar-refractivity contribution is 0.0689. The Bertz CT molecular complexity index is 560. The Morgan fingerprint density at radius 2 is 1.76 bits per heavy atom. The highest BCUT2D eigenvalue weighted by Gasteiger charge is 2.06. The van der Waals surface area contributed by atoms with E-state index in [1.807, 2.05) is 0 Å². The molecule has 2 aromatic rings. The summed E-state index contributed by atoms with van der Waals surface area (Å²) in [5.41, 5.74) is -0.0930. The molecule has 6 heteroatoms. The first-order chi connectivity index (χ1) is 8.15. The Balaban J connectivity index is 2.24. The fourth-order valence-corrected chi connectivity index (χ4v) is 1.30. The number of halogens is 1. The number of carbonyl (C=O) groups is 1. The van der Waals surface area contributed by atoms with Crippen molar-refractivity contribution < 1.29 is 14.6 Å². The zero-order chi connectivity index (χ0) is 12.3. The number of rotatable bonds is 3. The van der Waals surface area contributed by atoms with Crippen LogP contribution >= 0.6 is 11.6 Å². The normalized spacial score (nSPS) is 9.94. The molecule has 0 saturated heterocycles. The van der Waals surface area contributed by atoms with Crippen molar-refractivity contribution >= 4 is 17.6 Å². The van der Waals surface area contributed by atoms with Crippen LogP contribution in [0.3, 0.4) is 0 Å². The SMILES string of the molecule is O=C(O)c1cccc(Oc2cccc(Cl)n2)n1. The molecule has 17 heavy (non-hydrogen) atoms. The van der Waals surface area contributed by atoms with Crippen LogP contribution < -0.4 is 4.74 Å². The van der Waals surface area contributed by atoms with Gasteiger partial charge in [-0.05, 0) is 12.1 Å². The summed E-state index contributed by atoms with van der Waals surface area (Å²) in [5.74, 6) is -0.707. The molecule has 2 aromatic heterocycles. The van der Waals surface area contributed by atoms with Crippen LogP contribution in [0.15, 0.2) is 36.4 Å². The second kappa shape index (κ2) is 4.80. The van der Waals surface area contributed by atoms with Crippen molar-refractivity contribution in [2.24, 2.45) is 0 Å². The molecule has 0 radical (unpaired) electrons. The summed E-state index contributed by atoms with van der Waals surface area (Å²) in [7, 11) is 0. The lowest BCUT2D eigenvalue weighted by Crippen LogP contribution is -2.01. The minimum atomic E-state index is -1.12. The summed E-state index contributed by atoms with van der Waals surface area (Å²) in [4.78, 5) is 18.4. The van der Waals surface area contributed by atoms with Crippen LogP contribution in [0.25, 0.3) is 0 Å². The van der Waals surface area contributed by atoms with Crippen molar-refractivity contribution in [3.05, 3.63) is 47.2 Å². The van der Waals surface area contributed by atoms with Crippen LogP contribution in [0.4, 0.5) is 0 Å². The van der Waals surface area contributed by atoms with Crippen molar-refractivity contribution in [2.75, 3.05) is 0 Å². The molecule has 0 aliphatic rings. The molecule has 0 amide bonds. The van der Waals surface area contributed by atoms with Crippen LogP contribution in [-0.4, -0.2) is 21.0 Å². The Kier molecular flexibility index (Phi) is 3.20. The van der Waals surface area contributed by atoms with Gasteiger partial charge in [-0.3, -0.25) is 0 Å². The summed E-state index contributed by atoms with van der Waals surface area (Å²) in [6, 6.07) is 9.33. The number of ether oxygens (including phenoxy) is 1. The molecule has 2 heterocycles. The number of pyridine rings is 2. The van der Waals surface area contributed by atoms with Crippen LogP contribution in [0, 0.1) is 0 Å². The third-order valence-electron chi connectivity index (χ3n) is 1.84. The molecule has 0 atom stereocenters. The summed E-state index contributed by atoms with van der Waals surface area (Å²) in [6.45, 7) is 0. The van der Waals surface area contributed by atoms with E-state index in [1.54, 1.807) is 18.2 Å². The van der Waals surface area contributed by atoms with E-state index in [0.29, 0.717) is 0 Å². The second-order valence-corrected chi connectivity index (χ2v) is 3.45. The van der Waals surface area contributed by atoms with Gasteiger partial charge < -0.3 is 9.84 Å². The maximum Gasteiger partial charge on any atom is 0.354 e. The molecule has 0 bridgehead atoms. The van der Waals surface area contributed by atoms with Crippen LogP contribution in [0.2, 0.25) is 5.15 Å². The van der Waals surface area contributed by atoms with Gasteiger partial charge in [-0.2, -0.15) is 0 Å². The third-order valence-corrected chi connectivity index (χ3v) is 2.05. The number of aromatic nitrogens is 2. The monoisotopic (exact) mass is 250 g/mol. The van der Waals surface area contributed by atoms with E-state index >= 15 is 0 Å². The second-order valence-electron chi connectivity index (χ2n) is 3.07. The van der Waals surface area contributed by atoms with E-state index in [4.69, 9.17) is 21.4 Å². The summed E-state index contributed by atoms with van der Waals surface area (Å²) in [5, 5.41) is 9.05. The van der Waals surface area contributed by atoms with Gasteiger partial charge in [0, 0.05) is 12.1 Å². The zero-order valence-corrected chi connectivity index (χ0v) is 9.26. The van der Waals surface area contributed by atoms with Gasteiger partial charge in [0.1, 0.15) is 5.15 Å². The number of aromatic carboxylic acids is 1. The molecule has 0 aliphatic carbocycles. The Labute approximate surface area is 102 Å². The van der Waals surface area contributed by atoms with Crippen LogP contribution in [-0.2, 0) is 0 Å². The molecule has 2 rings (SSSR count). The van der Waals surface area contributed by atoms with Gasteiger partial charge in [-0.15, -0.1) is 0 Å². The lowest BCUT2D eigenvalue weighted by Gasteiger charge is -2.04. The van der Waals surface area contributed by atoms with Gasteiger partial charge >= 0.3 is 5.97 Å². The number of hydrogen-bond acceptors (Lipinski definition) is 4. The van der Waals surface area contributed by atoms with Crippen molar-refractivity contribution in [3.63, 3.8) is 0 Å². The van der Waals surface area contributed by atoms with E-state index in [-0.39, 0.29) is 22.6 Å². The van der Waals surface area contributed by atoms with E-state index in [2.05, 4.69) is 9.97 Å². The first-order valence-corrected chi connectivity index (χ1v) is 5.04. The molecular formula is C11H7ClN2O3. The number of nitrogens with zero attached hydrogens (tertiary/aromatic N) is 2. The minimum Gasteiger partial charge on any atom is -0.477 e. The topological polar surface area (TPSA) is 72.3 Å². The Morgan fingerprint density at radius 3 is 2.41 bits per heavy atom. The van der Waals surface area contributed by atoms with Gasteiger partial charge in [-0.1, -0.05) is 23.7 Å². The molecule has 0 spiro atoms. The molecule has 5 nitrogen and oxygen atoms in total. The van der Waals surface area contributed by atoms with Crippen molar-refractivity contribution in [3.8, 4) is 11.8 Å². The molecule has 0 unspecified atom stereocenters. The largest absolute Gasteiger partial charge is 0.477 e. The molecule has 0 fully saturated rings. The standard InChI is InChI=1S/C11H7ClN2O3/c12-8-4-2-6-10(14-8)17-9-5-1-3-7(13-9)11(15)16/h1-6H,(H,15,16). The van der Waals surface area contributed by atoms with Gasteiger partial charge in [0.2, 0.25) is 11.8 Å². The maximum atomic E-state index is 10.7. The third kappa shape index (κ3) is 2.92. The fourth-order valence-electron chi connectivity index (χ4n) is 1.14. The summed E-state index contributed by atoms with van der Waals surface area (Å²) < 4.78 is 5.28. The number of hydrogen-bond donors (Lipinski definition) is 1. The highest BCUT2D eigenvalue weighted by molar-refractivity contribution is 6.29. The zero-order valence-electron chi connectivity index (χ0n) is 8.50. The summed E-state index contributed by atoms with van der Waals surface area (Å²) >= 11 is 5.69. The molecule has 0 aromatic carbocycles. The predicted octanol–water partition coefficient (Wildman–Crippen LogP) is 2.62. The van der Waals surface area contributed by atoms with Gasteiger partial charge in [0.25, 0.3) is 0 Å². The quantitative estimate of drug-likeness (QED) is 0.848. The fraction of sp³-hybridized carbons (Fsp3) is 0. The van der Waals surface area contributed by atoms with E-state index < -0.39 is 5.97 Å². The highest BCUT2D eigenvalue weighted by atomic mass is 35.5. The average Bonchev–Trinajstić information content (AvgIpc) is 2.29. The molecule has 86 valence electrons. The number of carboxylic acids is 1. The van der Waals surface area contributed by atoms with Crippen molar-refractivity contribution in [1.82, 2.24) is 9.97 Å². The Hall–Kier alpha value is -2.14. The maximum absolute atomic E-state index is 10.7. The molecular weight excluding hydrogens is 244 g/mol. The minimum absolute atomic E-state index is 0.0930. The van der Waals surface area contributed by atoms with Gasteiger partial charge in [0.15, 0.2) is 5.69 Å². The van der Waals surface area contributed by atoms with Crippen LogP contribution in [0.5, 0.6) is 11.8 Å². The molecule has 0 saturated carbocycles. The van der Waals surface area contributed by atoms with E-state index in [0.717, 1.165) is 0 Å². The van der Waals surface area contributed by atoms with Gasteiger partial charge in [0.05, 0.1) is 0 Å². The van der Waals surface area contributed by atoms with E-state index in [1.165, 1.54) is 18.2 Å².